The van der Waals surface area contributed by atoms with Crippen molar-refractivity contribution in [2.75, 3.05) is 0 Å². The van der Waals surface area contributed by atoms with Gasteiger partial charge in [-0.1, -0.05) is 31.5 Å². The average molecular weight is 247 g/mol. The zero-order valence-electron chi connectivity index (χ0n) is 11.7. The molecular weight excluding hydrogens is 222 g/mol. The van der Waals surface area contributed by atoms with Gasteiger partial charge in [0.2, 0.25) is 0 Å². The molecule has 1 aliphatic rings. The van der Waals surface area contributed by atoms with E-state index in [4.69, 9.17) is 10.5 Å². The van der Waals surface area contributed by atoms with Crippen LogP contribution in [-0.4, -0.2) is 12.1 Å². The van der Waals surface area contributed by atoms with Gasteiger partial charge in [-0.15, -0.1) is 0 Å². The Labute approximate surface area is 111 Å². The molecule has 1 saturated carbocycles. The van der Waals surface area contributed by atoms with Crippen LogP contribution in [0.3, 0.4) is 0 Å². The SMILES string of the molecule is Cc1ccc(OC2CC(C(C)C)CCC2N)cc1. The second-order valence-corrected chi connectivity index (χ2v) is 5.95. The van der Waals surface area contributed by atoms with Crippen LogP contribution in [0.4, 0.5) is 0 Å². The van der Waals surface area contributed by atoms with Gasteiger partial charge in [0, 0.05) is 6.04 Å². The summed E-state index contributed by atoms with van der Waals surface area (Å²) < 4.78 is 6.08. The first-order chi connectivity index (χ1) is 8.56. The Morgan fingerprint density at radius 1 is 1.17 bits per heavy atom. The summed E-state index contributed by atoms with van der Waals surface area (Å²) in [6.45, 7) is 6.68. The third-order valence-electron chi connectivity index (χ3n) is 4.13. The van der Waals surface area contributed by atoms with E-state index in [9.17, 15) is 0 Å². The summed E-state index contributed by atoms with van der Waals surface area (Å²) in [4.78, 5) is 0. The molecule has 3 unspecified atom stereocenters. The van der Waals surface area contributed by atoms with Crippen molar-refractivity contribution in [2.45, 2.75) is 52.2 Å². The van der Waals surface area contributed by atoms with Crippen LogP contribution in [0.15, 0.2) is 24.3 Å². The lowest BCUT2D eigenvalue weighted by atomic mass is 9.78. The first-order valence-electron chi connectivity index (χ1n) is 7.05. The minimum absolute atomic E-state index is 0.175. The van der Waals surface area contributed by atoms with Crippen molar-refractivity contribution in [3.05, 3.63) is 29.8 Å². The van der Waals surface area contributed by atoms with Gasteiger partial charge in [-0.2, -0.15) is 0 Å². The predicted octanol–water partition coefficient (Wildman–Crippen LogP) is 3.53. The normalized spacial score (nSPS) is 28.4. The van der Waals surface area contributed by atoms with Gasteiger partial charge in [-0.25, -0.2) is 0 Å². The van der Waals surface area contributed by atoms with E-state index in [1.807, 2.05) is 12.1 Å². The fraction of sp³-hybridized carbons (Fsp3) is 0.625. The number of hydrogen-bond acceptors (Lipinski definition) is 2. The lowest BCUT2D eigenvalue weighted by Gasteiger charge is -2.36. The van der Waals surface area contributed by atoms with E-state index in [-0.39, 0.29) is 12.1 Å². The van der Waals surface area contributed by atoms with Crippen LogP contribution in [0.2, 0.25) is 0 Å². The second-order valence-electron chi connectivity index (χ2n) is 5.95. The van der Waals surface area contributed by atoms with Crippen LogP contribution in [-0.2, 0) is 0 Å². The zero-order valence-corrected chi connectivity index (χ0v) is 11.7. The Bertz CT molecular complexity index is 371. The first kappa shape index (κ1) is 13.4. The van der Waals surface area contributed by atoms with Gasteiger partial charge in [-0.05, 0) is 50.2 Å². The Morgan fingerprint density at radius 3 is 2.44 bits per heavy atom. The number of hydrogen-bond donors (Lipinski definition) is 1. The molecule has 0 spiro atoms. The molecule has 0 aromatic heterocycles. The topological polar surface area (TPSA) is 35.2 Å². The maximum Gasteiger partial charge on any atom is 0.119 e. The van der Waals surface area contributed by atoms with Crippen LogP contribution < -0.4 is 10.5 Å². The van der Waals surface area contributed by atoms with E-state index in [2.05, 4.69) is 32.9 Å². The van der Waals surface area contributed by atoms with Gasteiger partial charge in [0.15, 0.2) is 0 Å². The number of aryl methyl sites for hydroxylation is 1. The quantitative estimate of drug-likeness (QED) is 0.887. The van der Waals surface area contributed by atoms with E-state index >= 15 is 0 Å². The van der Waals surface area contributed by atoms with Crippen molar-refractivity contribution >= 4 is 0 Å². The molecule has 0 amide bonds. The predicted molar refractivity (Wildman–Crippen MR) is 75.7 cm³/mol. The Hall–Kier alpha value is -1.02. The summed E-state index contributed by atoms with van der Waals surface area (Å²) in [7, 11) is 0. The maximum atomic E-state index is 6.19. The van der Waals surface area contributed by atoms with Crippen molar-refractivity contribution in [2.24, 2.45) is 17.6 Å². The van der Waals surface area contributed by atoms with E-state index < -0.39 is 0 Å². The van der Waals surface area contributed by atoms with Gasteiger partial charge < -0.3 is 10.5 Å². The molecule has 0 saturated heterocycles. The van der Waals surface area contributed by atoms with Gasteiger partial charge >= 0.3 is 0 Å². The summed E-state index contributed by atoms with van der Waals surface area (Å²) in [5.74, 6) is 2.42. The van der Waals surface area contributed by atoms with E-state index in [1.165, 1.54) is 12.0 Å². The van der Waals surface area contributed by atoms with Crippen molar-refractivity contribution in [1.82, 2.24) is 0 Å². The smallest absolute Gasteiger partial charge is 0.119 e. The molecule has 2 heteroatoms. The molecule has 0 heterocycles. The van der Waals surface area contributed by atoms with Crippen LogP contribution >= 0.6 is 0 Å². The fourth-order valence-electron chi connectivity index (χ4n) is 2.72. The molecule has 1 fully saturated rings. The molecule has 1 aliphatic carbocycles. The standard InChI is InChI=1S/C16H25NO/c1-11(2)13-6-9-15(17)16(10-13)18-14-7-4-12(3)5-8-14/h4-5,7-8,11,13,15-16H,6,9-10,17H2,1-3H3. The maximum absolute atomic E-state index is 6.19. The van der Waals surface area contributed by atoms with Gasteiger partial charge in [0.25, 0.3) is 0 Å². The summed E-state index contributed by atoms with van der Waals surface area (Å²) >= 11 is 0. The minimum atomic E-state index is 0.175. The van der Waals surface area contributed by atoms with Gasteiger partial charge in [-0.3, -0.25) is 0 Å². The Kier molecular flexibility index (Phi) is 4.28. The van der Waals surface area contributed by atoms with E-state index in [1.54, 1.807) is 0 Å². The zero-order chi connectivity index (χ0) is 13.1. The highest BCUT2D eigenvalue weighted by Gasteiger charge is 2.31. The molecule has 1 aromatic carbocycles. The largest absolute Gasteiger partial charge is 0.489 e. The van der Waals surface area contributed by atoms with Crippen LogP contribution in [0, 0.1) is 18.8 Å². The number of benzene rings is 1. The molecule has 2 N–H and O–H groups in total. The lowest BCUT2D eigenvalue weighted by molar-refractivity contribution is 0.0868. The molecular formula is C16H25NO. The first-order valence-corrected chi connectivity index (χ1v) is 7.05. The Balaban J connectivity index is 2.00. The highest BCUT2D eigenvalue weighted by atomic mass is 16.5. The molecule has 0 radical (unpaired) electrons. The molecule has 0 aliphatic heterocycles. The monoisotopic (exact) mass is 247 g/mol. The third kappa shape index (κ3) is 3.26. The molecule has 2 nitrogen and oxygen atoms in total. The molecule has 1 aromatic rings. The highest BCUT2D eigenvalue weighted by molar-refractivity contribution is 5.26. The lowest BCUT2D eigenvalue weighted by Crippen LogP contribution is -2.44. The molecule has 3 atom stereocenters. The second kappa shape index (κ2) is 5.75. The minimum Gasteiger partial charge on any atom is -0.489 e. The summed E-state index contributed by atoms with van der Waals surface area (Å²) in [6.07, 6.45) is 3.59. The summed E-state index contributed by atoms with van der Waals surface area (Å²) in [6, 6.07) is 8.44. The van der Waals surface area contributed by atoms with Crippen LogP contribution in [0.25, 0.3) is 0 Å². The van der Waals surface area contributed by atoms with Crippen molar-refractivity contribution in [3.8, 4) is 5.75 Å². The molecule has 100 valence electrons. The van der Waals surface area contributed by atoms with Crippen molar-refractivity contribution < 1.29 is 4.74 Å². The molecule has 18 heavy (non-hydrogen) atoms. The van der Waals surface area contributed by atoms with E-state index in [0.29, 0.717) is 0 Å². The number of nitrogens with two attached hydrogens (primary N) is 1. The van der Waals surface area contributed by atoms with Crippen molar-refractivity contribution in [3.63, 3.8) is 0 Å². The fourth-order valence-corrected chi connectivity index (χ4v) is 2.72. The Morgan fingerprint density at radius 2 is 1.83 bits per heavy atom. The average Bonchev–Trinajstić information content (AvgIpc) is 2.34. The number of ether oxygens (including phenoxy) is 1. The highest BCUT2D eigenvalue weighted by Crippen LogP contribution is 2.31. The van der Waals surface area contributed by atoms with Crippen LogP contribution in [0.5, 0.6) is 5.75 Å². The summed E-state index contributed by atoms with van der Waals surface area (Å²) in [5, 5.41) is 0. The number of rotatable bonds is 3. The van der Waals surface area contributed by atoms with Crippen molar-refractivity contribution in [1.29, 1.82) is 0 Å². The van der Waals surface area contributed by atoms with Gasteiger partial charge in [0.05, 0.1) is 0 Å². The molecule has 2 rings (SSSR count). The van der Waals surface area contributed by atoms with E-state index in [0.717, 1.165) is 30.4 Å². The van der Waals surface area contributed by atoms with Gasteiger partial charge in [0.1, 0.15) is 11.9 Å². The third-order valence-corrected chi connectivity index (χ3v) is 4.13. The summed E-state index contributed by atoms with van der Waals surface area (Å²) in [5.41, 5.74) is 7.45. The van der Waals surface area contributed by atoms with Crippen LogP contribution in [0.1, 0.15) is 38.7 Å². The molecule has 0 bridgehead atoms.